The number of rotatable bonds is 2. The molecule has 124 valence electrons. The van der Waals surface area contributed by atoms with E-state index in [4.69, 9.17) is 11.6 Å². The summed E-state index contributed by atoms with van der Waals surface area (Å²) < 4.78 is 1.92. The van der Waals surface area contributed by atoms with Gasteiger partial charge in [0.05, 0.1) is 11.4 Å². The van der Waals surface area contributed by atoms with Crippen LogP contribution in [-0.4, -0.2) is 15.6 Å². The Morgan fingerprint density at radius 1 is 1.08 bits per heavy atom. The van der Waals surface area contributed by atoms with Crippen molar-refractivity contribution in [2.24, 2.45) is 0 Å². The summed E-state index contributed by atoms with van der Waals surface area (Å²) in [5.41, 5.74) is 6.33. The molecule has 4 rings (SSSR count). The molecule has 0 saturated carbocycles. The van der Waals surface area contributed by atoms with E-state index in [1.165, 1.54) is 0 Å². The first kappa shape index (κ1) is 15.9. The number of nitrogens with zero attached hydrogens (tertiary/aromatic N) is 2. The van der Waals surface area contributed by atoms with Crippen molar-refractivity contribution in [1.29, 1.82) is 0 Å². The second-order valence-corrected chi connectivity index (χ2v) is 6.68. The third-order valence-corrected chi connectivity index (χ3v) is 5.04. The lowest BCUT2D eigenvalue weighted by molar-refractivity contribution is 0.104. The number of hydrogen-bond donors (Lipinski definition) is 0. The number of ketones is 1. The van der Waals surface area contributed by atoms with E-state index in [-0.39, 0.29) is 5.78 Å². The monoisotopic (exact) mass is 348 g/mol. The van der Waals surface area contributed by atoms with E-state index in [0.29, 0.717) is 17.0 Å². The molecule has 2 aromatic carbocycles. The number of para-hydroxylation sites is 1. The van der Waals surface area contributed by atoms with Crippen molar-refractivity contribution in [2.45, 2.75) is 20.3 Å². The predicted molar refractivity (Wildman–Crippen MR) is 101 cm³/mol. The number of allylic oxidation sites excluding steroid dienone is 1. The maximum absolute atomic E-state index is 12.7. The minimum atomic E-state index is 0.0590. The molecular weight excluding hydrogens is 332 g/mol. The first-order valence-electron chi connectivity index (χ1n) is 8.20. The molecule has 0 aliphatic heterocycles. The molecule has 25 heavy (non-hydrogen) atoms. The largest absolute Gasteiger partial charge is 0.289 e. The molecule has 0 unspecified atom stereocenters. The number of carbonyl (C=O) groups is 1. The third-order valence-electron chi connectivity index (χ3n) is 4.69. The third kappa shape index (κ3) is 2.61. The van der Waals surface area contributed by atoms with Gasteiger partial charge in [0.1, 0.15) is 0 Å². The summed E-state index contributed by atoms with van der Waals surface area (Å²) in [6.07, 6.45) is 2.54. The van der Waals surface area contributed by atoms with Crippen molar-refractivity contribution >= 4 is 23.5 Å². The van der Waals surface area contributed by atoms with Crippen molar-refractivity contribution in [3.8, 4) is 5.69 Å². The Balaban J connectivity index is 1.78. The molecule has 3 aromatic rings. The molecule has 1 aromatic heterocycles. The molecule has 0 atom stereocenters. The molecule has 1 aliphatic rings. The van der Waals surface area contributed by atoms with Crippen LogP contribution in [0.2, 0.25) is 5.02 Å². The highest BCUT2D eigenvalue weighted by atomic mass is 35.5. The van der Waals surface area contributed by atoms with Crippen LogP contribution >= 0.6 is 11.6 Å². The van der Waals surface area contributed by atoms with Gasteiger partial charge in [0.2, 0.25) is 0 Å². The van der Waals surface area contributed by atoms with Gasteiger partial charge in [0.15, 0.2) is 5.78 Å². The van der Waals surface area contributed by atoms with Gasteiger partial charge in [-0.3, -0.25) is 4.79 Å². The van der Waals surface area contributed by atoms with Crippen LogP contribution in [0.15, 0.2) is 54.1 Å². The van der Waals surface area contributed by atoms with Gasteiger partial charge in [-0.1, -0.05) is 41.9 Å². The minimum Gasteiger partial charge on any atom is -0.289 e. The fourth-order valence-electron chi connectivity index (χ4n) is 3.37. The standard InChI is InChI=1S/C21H17ClN2O/c1-13-18(14(2)24(23-13)16-7-4-3-5-8-16)11-15-12-19-17(21(15)25)9-6-10-20(19)22/h3-11H,12H2,1-2H3. The lowest BCUT2D eigenvalue weighted by Crippen LogP contribution is -1.99. The summed E-state index contributed by atoms with van der Waals surface area (Å²) >= 11 is 6.25. The molecule has 1 heterocycles. The van der Waals surface area contributed by atoms with E-state index in [1.807, 2.05) is 73.1 Å². The molecule has 0 spiro atoms. The zero-order valence-electron chi connectivity index (χ0n) is 14.1. The molecule has 0 amide bonds. The number of halogens is 1. The van der Waals surface area contributed by atoms with E-state index in [0.717, 1.165) is 33.8 Å². The van der Waals surface area contributed by atoms with Crippen LogP contribution < -0.4 is 0 Å². The van der Waals surface area contributed by atoms with E-state index in [9.17, 15) is 4.79 Å². The van der Waals surface area contributed by atoms with Crippen LogP contribution in [0.1, 0.15) is 32.9 Å². The zero-order valence-corrected chi connectivity index (χ0v) is 14.8. The first-order valence-corrected chi connectivity index (χ1v) is 8.58. The molecule has 0 fully saturated rings. The Hall–Kier alpha value is -2.65. The summed E-state index contributed by atoms with van der Waals surface area (Å²) in [6, 6.07) is 15.5. The average molecular weight is 349 g/mol. The molecule has 3 nitrogen and oxygen atoms in total. The fourth-order valence-corrected chi connectivity index (χ4v) is 3.61. The van der Waals surface area contributed by atoms with Crippen LogP contribution in [0.25, 0.3) is 11.8 Å². The molecule has 0 saturated heterocycles. The van der Waals surface area contributed by atoms with Crippen LogP contribution in [-0.2, 0) is 6.42 Å². The van der Waals surface area contributed by atoms with Gasteiger partial charge in [-0.2, -0.15) is 5.10 Å². The van der Waals surface area contributed by atoms with Gasteiger partial charge in [-0.25, -0.2) is 4.68 Å². The fraction of sp³-hybridized carbons (Fsp3) is 0.143. The van der Waals surface area contributed by atoms with Crippen molar-refractivity contribution in [2.75, 3.05) is 0 Å². The second kappa shape index (κ2) is 6.01. The lowest BCUT2D eigenvalue weighted by atomic mass is 10.1. The number of Topliss-reactive ketones (excluding diaryl/α,β-unsaturated/α-hetero) is 1. The van der Waals surface area contributed by atoms with Crippen LogP contribution in [0.3, 0.4) is 0 Å². The molecule has 1 aliphatic carbocycles. The average Bonchev–Trinajstić information content (AvgIpc) is 3.09. The minimum absolute atomic E-state index is 0.0590. The molecule has 0 N–H and O–H groups in total. The van der Waals surface area contributed by atoms with Gasteiger partial charge in [0, 0.05) is 33.8 Å². The lowest BCUT2D eigenvalue weighted by Gasteiger charge is -2.04. The Bertz CT molecular complexity index is 1020. The number of hydrogen-bond acceptors (Lipinski definition) is 2. The highest BCUT2D eigenvalue weighted by molar-refractivity contribution is 6.33. The number of fused-ring (bicyclic) bond motifs is 1. The number of carbonyl (C=O) groups excluding carboxylic acids is 1. The summed E-state index contributed by atoms with van der Waals surface area (Å²) in [5, 5.41) is 5.30. The van der Waals surface area contributed by atoms with E-state index < -0.39 is 0 Å². The maximum atomic E-state index is 12.7. The van der Waals surface area contributed by atoms with E-state index >= 15 is 0 Å². The summed E-state index contributed by atoms with van der Waals surface area (Å²) in [6.45, 7) is 4.00. The first-order chi connectivity index (χ1) is 12.1. The van der Waals surface area contributed by atoms with Crippen molar-refractivity contribution in [3.05, 3.63) is 87.2 Å². The van der Waals surface area contributed by atoms with Gasteiger partial charge in [0.25, 0.3) is 0 Å². The van der Waals surface area contributed by atoms with E-state index in [2.05, 4.69) is 5.10 Å². The van der Waals surface area contributed by atoms with Crippen LogP contribution in [0, 0.1) is 13.8 Å². The summed E-state index contributed by atoms with van der Waals surface area (Å²) in [5.74, 6) is 0.0590. The quantitative estimate of drug-likeness (QED) is 0.613. The highest BCUT2D eigenvalue weighted by Crippen LogP contribution is 2.33. The molecule has 0 bridgehead atoms. The number of benzene rings is 2. The molecule has 0 radical (unpaired) electrons. The number of aryl methyl sites for hydroxylation is 1. The SMILES string of the molecule is Cc1nn(-c2ccccc2)c(C)c1C=C1Cc2c(Cl)cccc2C1=O. The van der Waals surface area contributed by atoms with E-state index in [1.54, 1.807) is 0 Å². The normalized spacial score (nSPS) is 15.0. The Labute approximate surface area is 151 Å². The summed E-state index contributed by atoms with van der Waals surface area (Å²) in [7, 11) is 0. The topological polar surface area (TPSA) is 34.9 Å². The van der Waals surface area contributed by atoms with Gasteiger partial charge < -0.3 is 0 Å². The van der Waals surface area contributed by atoms with Crippen LogP contribution in [0.4, 0.5) is 0 Å². The van der Waals surface area contributed by atoms with Crippen molar-refractivity contribution < 1.29 is 4.79 Å². The van der Waals surface area contributed by atoms with Gasteiger partial charge in [-0.05, 0) is 43.7 Å². The van der Waals surface area contributed by atoms with Crippen LogP contribution in [0.5, 0.6) is 0 Å². The van der Waals surface area contributed by atoms with Gasteiger partial charge >= 0.3 is 0 Å². The summed E-state index contributed by atoms with van der Waals surface area (Å²) in [4.78, 5) is 12.7. The Kier molecular flexibility index (Phi) is 3.81. The number of aromatic nitrogens is 2. The maximum Gasteiger partial charge on any atom is 0.189 e. The second-order valence-electron chi connectivity index (χ2n) is 6.27. The van der Waals surface area contributed by atoms with Crippen molar-refractivity contribution in [3.63, 3.8) is 0 Å². The molecular formula is C21H17ClN2O. The Morgan fingerprint density at radius 2 is 1.84 bits per heavy atom. The predicted octanol–water partition coefficient (Wildman–Crippen LogP) is 4.96. The zero-order chi connectivity index (χ0) is 17.6. The highest BCUT2D eigenvalue weighted by Gasteiger charge is 2.27. The van der Waals surface area contributed by atoms with Gasteiger partial charge in [-0.15, -0.1) is 0 Å². The molecule has 4 heteroatoms. The Morgan fingerprint density at radius 3 is 2.56 bits per heavy atom. The smallest absolute Gasteiger partial charge is 0.189 e. The van der Waals surface area contributed by atoms with Crippen molar-refractivity contribution in [1.82, 2.24) is 9.78 Å².